The van der Waals surface area contributed by atoms with E-state index in [1.165, 1.54) is 0 Å². The number of carbonyl (C=O) groups is 1. The summed E-state index contributed by atoms with van der Waals surface area (Å²) < 4.78 is 13.0. The van der Waals surface area contributed by atoms with Crippen LogP contribution in [0.5, 0.6) is 11.5 Å². The van der Waals surface area contributed by atoms with Crippen molar-refractivity contribution in [3.05, 3.63) is 52.5 Å². The first kappa shape index (κ1) is 20.0. The number of ether oxygens (including phenoxy) is 2. The van der Waals surface area contributed by atoms with E-state index in [1.807, 2.05) is 54.3 Å². The molecule has 1 fully saturated rings. The number of thiocarbonyl (C=S) groups is 1. The second-order valence-corrected chi connectivity index (χ2v) is 8.79. The lowest BCUT2D eigenvalue weighted by Gasteiger charge is -2.56. The summed E-state index contributed by atoms with van der Waals surface area (Å²) in [6.45, 7) is 1.91. The molecule has 8 heteroatoms. The topological polar surface area (TPSA) is 54.0 Å². The van der Waals surface area contributed by atoms with E-state index in [0.717, 1.165) is 15.7 Å². The normalized spacial score (nSPS) is 24.9. The van der Waals surface area contributed by atoms with Crippen molar-refractivity contribution < 1.29 is 14.3 Å². The minimum atomic E-state index is -1.04. The molecule has 2 aliphatic rings. The number of hydrogen-bond donors (Lipinski definition) is 1. The SMILES string of the molecule is COc1cccc2c1OC1(C)C(C(=O)N(C)C)C2NC(=S)N1c1cccc(Br)c1. The maximum Gasteiger partial charge on any atom is 0.233 e. The third-order valence-electron chi connectivity index (χ3n) is 5.48. The lowest BCUT2D eigenvalue weighted by Crippen LogP contribution is -2.72. The van der Waals surface area contributed by atoms with E-state index < -0.39 is 11.6 Å². The Morgan fingerprint density at radius 1 is 1.31 bits per heavy atom. The predicted octanol–water partition coefficient (Wildman–Crippen LogP) is 3.71. The van der Waals surface area contributed by atoms with Gasteiger partial charge in [-0.15, -0.1) is 0 Å². The first-order valence-corrected chi connectivity index (χ1v) is 10.4. The van der Waals surface area contributed by atoms with Crippen LogP contribution in [0.4, 0.5) is 5.69 Å². The number of nitrogens with zero attached hydrogens (tertiary/aromatic N) is 2. The van der Waals surface area contributed by atoms with Crippen LogP contribution in [-0.2, 0) is 4.79 Å². The van der Waals surface area contributed by atoms with Crippen molar-refractivity contribution in [3.63, 3.8) is 0 Å². The first-order valence-electron chi connectivity index (χ1n) is 9.21. The van der Waals surface area contributed by atoms with Gasteiger partial charge in [0.05, 0.1) is 13.2 Å². The van der Waals surface area contributed by atoms with Gasteiger partial charge in [0.25, 0.3) is 0 Å². The Bertz CT molecular complexity index is 999. The highest BCUT2D eigenvalue weighted by Gasteiger charge is 2.59. The van der Waals surface area contributed by atoms with E-state index in [9.17, 15) is 4.79 Å². The molecule has 2 heterocycles. The molecule has 2 aromatic carbocycles. The molecule has 2 aliphatic heterocycles. The summed E-state index contributed by atoms with van der Waals surface area (Å²) in [5, 5.41) is 3.90. The first-order chi connectivity index (χ1) is 13.8. The van der Waals surface area contributed by atoms with Crippen molar-refractivity contribution in [1.82, 2.24) is 10.2 Å². The van der Waals surface area contributed by atoms with E-state index in [2.05, 4.69) is 21.2 Å². The highest BCUT2D eigenvalue weighted by atomic mass is 79.9. The van der Waals surface area contributed by atoms with Gasteiger partial charge in [0.2, 0.25) is 5.91 Å². The molecule has 1 amide bonds. The number of carbonyl (C=O) groups excluding carboxylic acids is 1. The molecule has 0 radical (unpaired) electrons. The van der Waals surface area contributed by atoms with Gasteiger partial charge in [-0.25, -0.2) is 0 Å². The van der Waals surface area contributed by atoms with Gasteiger partial charge >= 0.3 is 0 Å². The molecule has 1 N–H and O–H groups in total. The molecule has 0 aliphatic carbocycles. The molecule has 29 heavy (non-hydrogen) atoms. The number of hydrogen-bond acceptors (Lipinski definition) is 4. The molecular weight excluding hydrogens is 454 g/mol. The van der Waals surface area contributed by atoms with Gasteiger partial charge in [0.1, 0.15) is 5.92 Å². The number of benzene rings is 2. The van der Waals surface area contributed by atoms with Gasteiger partial charge in [0.15, 0.2) is 22.3 Å². The molecule has 0 saturated carbocycles. The lowest BCUT2D eigenvalue weighted by molar-refractivity contribution is -0.144. The van der Waals surface area contributed by atoms with E-state index in [4.69, 9.17) is 21.7 Å². The van der Waals surface area contributed by atoms with E-state index in [1.54, 1.807) is 26.1 Å². The highest BCUT2D eigenvalue weighted by molar-refractivity contribution is 9.10. The van der Waals surface area contributed by atoms with Crippen molar-refractivity contribution in [1.29, 1.82) is 0 Å². The smallest absolute Gasteiger partial charge is 0.233 e. The number of anilines is 1. The Kier molecular flexibility index (Phi) is 4.94. The maximum atomic E-state index is 13.3. The third-order valence-corrected chi connectivity index (χ3v) is 6.28. The molecule has 0 aromatic heterocycles. The summed E-state index contributed by atoms with van der Waals surface area (Å²) in [5.41, 5.74) is 0.641. The van der Waals surface area contributed by atoms with Crippen LogP contribution in [0, 0.1) is 5.92 Å². The zero-order valence-electron chi connectivity index (χ0n) is 16.6. The summed E-state index contributed by atoms with van der Waals surface area (Å²) in [5.74, 6) is 0.683. The number of amides is 1. The van der Waals surface area contributed by atoms with Crippen LogP contribution in [0.1, 0.15) is 18.5 Å². The van der Waals surface area contributed by atoms with Crippen molar-refractivity contribution in [3.8, 4) is 11.5 Å². The minimum Gasteiger partial charge on any atom is -0.493 e. The number of para-hydroxylation sites is 1. The lowest BCUT2D eigenvalue weighted by atomic mass is 9.78. The Balaban J connectivity index is 1.95. The van der Waals surface area contributed by atoms with Crippen molar-refractivity contribution in [2.45, 2.75) is 18.7 Å². The summed E-state index contributed by atoms with van der Waals surface area (Å²) in [7, 11) is 5.12. The summed E-state index contributed by atoms with van der Waals surface area (Å²) >= 11 is 9.26. The van der Waals surface area contributed by atoms with E-state index >= 15 is 0 Å². The van der Waals surface area contributed by atoms with Crippen molar-refractivity contribution in [2.24, 2.45) is 5.92 Å². The number of rotatable bonds is 3. The number of nitrogens with one attached hydrogen (secondary N) is 1. The number of methoxy groups -OCH3 is 1. The Morgan fingerprint density at radius 3 is 2.69 bits per heavy atom. The summed E-state index contributed by atoms with van der Waals surface area (Å²) in [6, 6.07) is 13.1. The van der Waals surface area contributed by atoms with Gasteiger partial charge < -0.3 is 19.7 Å². The molecule has 2 aromatic rings. The van der Waals surface area contributed by atoms with Crippen LogP contribution < -0.4 is 19.7 Å². The van der Waals surface area contributed by atoms with Gasteiger partial charge in [-0.3, -0.25) is 9.69 Å². The average molecular weight is 476 g/mol. The minimum absolute atomic E-state index is 0.0408. The quantitative estimate of drug-likeness (QED) is 0.682. The molecule has 0 spiro atoms. The highest BCUT2D eigenvalue weighted by Crippen LogP contribution is 2.52. The molecule has 3 unspecified atom stereocenters. The standard InChI is InChI=1S/C21H22BrN3O3S/c1-21-16(19(26)24(2)3)17(14-9-6-10-15(27-4)18(14)28-21)23-20(29)25(21)13-8-5-7-12(22)11-13/h5-11,16-17H,1-4H3,(H,23,29). The fourth-order valence-electron chi connectivity index (χ4n) is 4.19. The Hall–Kier alpha value is -2.32. The van der Waals surface area contributed by atoms with Crippen LogP contribution in [0.25, 0.3) is 0 Å². The fourth-order valence-corrected chi connectivity index (χ4v) is 4.99. The maximum absolute atomic E-state index is 13.3. The van der Waals surface area contributed by atoms with Crippen LogP contribution in [0.15, 0.2) is 46.9 Å². The van der Waals surface area contributed by atoms with Crippen molar-refractivity contribution in [2.75, 3.05) is 26.1 Å². The van der Waals surface area contributed by atoms with Crippen LogP contribution in [-0.4, -0.2) is 42.8 Å². The number of halogens is 1. The average Bonchev–Trinajstić information content (AvgIpc) is 2.66. The zero-order chi connectivity index (χ0) is 20.9. The zero-order valence-corrected chi connectivity index (χ0v) is 19.0. The third kappa shape index (κ3) is 3.05. The summed E-state index contributed by atoms with van der Waals surface area (Å²) in [4.78, 5) is 16.8. The van der Waals surface area contributed by atoms with Gasteiger partial charge in [-0.2, -0.15) is 0 Å². The van der Waals surface area contributed by atoms with E-state index in [-0.39, 0.29) is 11.9 Å². The largest absolute Gasteiger partial charge is 0.493 e. The fraction of sp³-hybridized carbons (Fsp3) is 0.333. The van der Waals surface area contributed by atoms with Crippen LogP contribution in [0.3, 0.4) is 0 Å². The molecule has 6 nitrogen and oxygen atoms in total. The molecule has 3 atom stereocenters. The number of fused-ring (bicyclic) bond motifs is 4. The second kappa shape index (κ2) is 7.18. The Morgan fingerprint density at radius 2 is 2.03 bits per heavy atom. The van der Waals surface area contributed by atoms with Crippen LogP contribution in [0.2, 0.25) is 0 Å². The van der Waals surface area contributed by atoms with Gasteiger partial charge in [-0.05, 0) is 43.4 Å². The molecule has 152 valence electrons. The van der Waals surface area contributed by atoms with Crippen LogP contribution >= 0.6 is 28.1 Å². The Labute approximate surface area is 183 Å². The molecule has 1 saturated heterocycles. The molecular formula is C21H22BrN3O3S. The van der Waals surface area contributed by atoms with Gasteiger partial charge in [-0.1, -0.05) is 34.1 Å². The van der Waals surface area contributed by atoms with Gasteiger partial charge in [0, 0.05) is 29.8 Å². The predicted molar refractivity (Wildman–Crippen MR) is 119 cm³/mol. The monoisotopic (exact) mass is 475 g/mol. The van der Waals surface area contributed by atoms with E-state index in [0.29, 0.717) is 16.6 Å². The summed E-state index contributed by atoms with van der Waals surface area (Å²) in [6.07, 6.45) is 0. The molecule has 4 rings (SSSR count). The molecule has 2 bridgehead atoms. The van der Waals surface area contributed by atoms with Crippen molar-refractivity contribution >= 4 is 44.9 Å². The second-order valence-electron chi connectivity index (χ2n) is 7.49.